The molecular formula is C21H26FN3O. The molecule has 0 bridgehead atoms. The number of anilines is 2. The fourth-order valence-corrected chi connectivity index (χ4v) is 3.31. The van der Waals surface area contributed by atoms with Crippen molar-refractivity contribution in [3.63, 3.8) is 0 Å². The molecule has 1 aliphatic heterocycles. The summed E-state index contributed by atoms with van der Waals surface area (Å²) < 4.78 is 13.0. The summed E-state index contributed by atoms with van der Waals surface area (Å²) in [4.78, 5) is 16.6. The summed E-state index contributed by atoms with van der Waals surface area (Å²) in [5.41, 5.74) is 3.25. The summed E-state index contributed by atoms with van der Waals surface area (Å²) in [5, 5.41) is 3.29. The van der Waals surface area contributed by atoms with Gasteiger partial charge >= 0.3 is 0 Å². The lowest BCUT2D eigenvalue weighted by molar-refractivity contribution is -0.129. The van der Waals surface area contributed by atoms with Crippen LogP contribution in [0.15, 0.2) is 48.5 Å². The van der Waals surface area contributed by atoms with E-state index in [2.05, 4.69) is 30.1 Å². The highest BCUT2D eigenvalue weighted by Crippen LogP contribution is 2.23. The van der Waals surface area contributed by atoms with Gasteiger partial charge in [0, 0.05) is 37.6 Å². The molecule has 1 N–H and O–H groups in total. The SMILES string of the molecule is CC(C)c1ccccc1NCC(=O)N1CCN(c2ccc(F)cc2)CC1. The van der Waals surface area contributed by atoms with Crippen molar-refractivity contribution in [2.45, 2.75) is 19.8 Å². The molecule has 0 spiro atoms. The molecule has 26 heavy (non-hydrogen) atoms. The summed E-state index contributed by atoms with van der Waals surface area (Å²) in [6.07, 6.45) is 0. The fourth-order valence-electron chi connectivity index (χ4n) is 3.31. The van der Waals surface area contributed by atoms with Crippen molar-refractivity contribution < 1.29 is 9.18 Å². The number of hydrogen-bond acceptors (Lipinski definition) is 3. The molecule has 0 unspecified atom stereocenters. The Morgan fingerprint density at radius 3 is 2.35 bits per heavy atom. The van der Waals surface area contributed by atoms with Gasteiger partial charge in [0.25, 0.3) is 0 Å². The standard InChI is InChI=1S/C21H26FN3O/c1-16(2)19-5-3-4-6-20(19)23-15-21(26)25-13-11-24(12-14-25)18-9-7-17(22)8-10-18/h3-10,16,23H,11-15H2,1-2H3. The second kappa shape index (κ2) is 8.21. The quantitative estimate of drug-likeness (QED) is 0.888. The van der Waals surface area contributed by atoms with Crippen LogP contribution in [0.1, 0.15) is 25.3 Å². The van der Waals surface area contributed by atoms with Gasteiger partial charge in [-0.15, -0.1) is 0 Å². The lowest BCUT2D eigenvalue weighted by Gasteiger charge is -2.36. The van der Waals surface area contributed by atoms with Gasteiger partial charge in [-0.1, -0.05) is 32.0 Å². The molecule has 0 atom stereocenters. The largest absolute Gasteiger partial charge is 0.376 e. The molecule has 1 fully saturated rings. The molecule has 0 saturated carbocycles. The predicted octanol–water partition coefficient (Wildman–Crippen LogP) is 3.71. The minimum atomic E-state index is -0.227. The highest BCUT2D eigenvalue weighted by molar-refractivity contribution is 5.81. The van der Waals surface area contributed by atoms with Crippen molar-refractivity contribution in [3.05, 3.63) is 59.9 Å². The molecule has 2 aromatic carbocycles. The van der Waals surface area contributed by atoms with E-state index in [9.17, 15) is 9.18 Å². The molecule has 4 nitrogen and oxygen atoms in total. The molecular weight excluding hydrogens is 329 g/mol. The Morgan fingerprint density at radius 2 is 1.69 bits per heavy atom. The number of halogens is 1. The summed E-state index contributed by atoms with van der Waals surface area (Å²) in [5.74, 6) is 0.297. The van der Waals surface area contributed by atoms with E-state index in [1.807, 2.05) is 23.1 Å². The Balaban J connectivity index is 1.52. The Hall–Kier alpha value is -2.56. The molecule has 138 valence electrons. The van der Waals surface area contributed by atoms with E-state index < -0.39 is 0 Å². The number of piperazine rings is 1. The van der Waals surface area contributed by atoms with Crippen LogP contribution in [0.3, 0.4) is 0 Å². The number of carbonyl (C=O) groups is 1. The van der Waals surface area contributed by atoms with Crippen molar-refractivity contribution >= 4 is 17.3 Å². The van der Waals surface area contributed by atoms with Gasteiger partial charge in [0.1, 0.15) is 5.82 Å². The summed E-state index contributed by atoms with van der Waals surface area (Å²) >= 11 is 0. The van der Waals surface area contributed by atoms with Gasteiger partial charge in [0.2, 0.25) is 5.91 Å². The molecule has 0 aliphatic carbocycles. The number of benzene rings is 2. The maximum absolute atomic E-state index is 13.0. The van der Waals surface area contributed by atoms with Gasteiger partial charge < -0.3 is 15.1 Å². The molecule has 1 amide bonds. The lowest BCUT2D eigenvalue weighted by atomic mass is 10.0. The zero-order valence-corrected chi connectivity index (χ0v) is 15.4. The number of amides is 1. The van der Waals surface area contributed by atoms with Crippen LogP contribution in [0.5, 0.6) is 0 Å². The van der Waals surface area contributed by atoms with E-state index in [4.69, 9.17) is 0 Å². The molecule has 1 heterocycles. The first-order valence-electron chi connectivity index (χ1n) is 9.15. The van der Waals surface area contributed by atoms with Crippen molar-refractivity contribution in [1.29, 1.82) is 0 Å². The molecule has 0 radical (unpaired) electrons. The Labute approximate surface area is 154 Å². The van der Waals surface area contributed by atoms with E-state index in [0.717, 1.165) is 24.5 Å². The first-order valence-corrected chi connectivity index (χ1v) is 9.15. The van der Waals surface area contributed by atoms with E-state index >= 15 is 0 Å². The van der Waals surface area contributed by atoms with Crippen LogP contribution >= 0.6 is 0 Å². The van der Waals surface area contributed by atoms with Gasteiger partial charge in [-0.05, 0) is 41.8 Å². The molecule has 0 aromatic heterocycles. The molecule has 1 aliphatic rings. The van der Waals surface area contributed by atoms with Crippen LogP contribution in [0.2, 0.25) is 0 Å². The van der Waals surface area contributed by atoms with Gasteiger partial charge in [-0.25, -0.2) is 4.39 Å². The molecule has 5 heteroatoms. The van der Waals surface area contributed by atoms with Crippen molar-refractivity contribution in [3.8, 4) is 0 Å². The Bertz CT molecular complexity index is 737. The van der Waals surface area contributed by atoms with E-state index in [-0.39, 0.29) is 11.7 Å². The smallest absolute Gasteiger partial charge is 0.241 e. The monoisotopic (exact) mass is 355 g/mol. The van der Waals surface area contributed by atoms with E-state index in [1.165, 1.54) is 17.7 Å². The Morgan fingerprint density at radius 1 is 1.04 bits per heavy atom. The number of carbonyl (C=O) groups excluding carboxylic acids is 1. The van der Waals surface area contributed by atoms with Crippen LogP contribution in [0, 0.1) is 5.82 Å². The number of nitrogens with one attached hydrogen (secondary N) is 1. The van der Waals surface area contributed by atoms with Crippen molar-refractivity contribution in [2.24, 2.45) is 0 Å². The maximum Gasteiger partial charge on any atom is 0.241 e. The van der Waals surface area contributed by atoms with Crippen LogP contribution in [0.25, 0.3) is 0 Å². The highest BCUT2D eigenvalue weighted by Gasteiger charge is 2.21. The average molecular weight is 355 g/mol. The van der Waals surface area contributed by atoms with Crippen LogP contribution < -0.4 is 10.2 Å². The summed E-state index contributed by atoms with van der Waals surface area (Å²) in [7, 11) is 0. The minimum absolute atomic E-state index is 0.113. The first-order chi connectivity index (χ1) is 12.5. The molecule has 1 saturated heterocycles. The first kappa shape index (κ1) is 18.2. The van der Waals surface area contributed by atoms with Crippen molar-refractivity contribution in [2.75, 3.05) is 42.9 Å². The zero-order valence-electron chi connectivity index (χ0n) is 15.4. The third kappa shape index (κ3) is 4.34. The van der Waals surface area contributed by atoms with E-state index in [1.54, 1.807) is 12.1 Å². The van der Waals surface area contributed by atoms with Gasteiger partial charge in [-0.2, -0.15) is 0 Å². The minimum Gasteiger partial charge on any atom is -0.376 e. The molecule has 3 rings (SSSR count). The van der Waals surface area contributed by atoms with Crippen LogP contribution in [0.4, 0.5) is 15.8 Å². The van der Waals surface area contributed by atoms with Gasteiger partial charge in [-0.3, -0.25) is 4.79 Å². The van der Waals surface area contributed by atoms with Gasteiger partial charge in [0.05, 0.1) is 6.54 Å². The summed E-state index contributed by atoms with van der Waals surface area (Å²) in [6, 6.07) is 14.7. The number of nitrogens with zero attached hydrogens (tertiary/aromatic N) is 2. The average Bonchev–Trinajstić information content (AvgIpc) is 2.67. The second-order valence-corrected chi connectivity index (χ2v) is 6.94. The number of hydrogen-bond donors (Lipinski definition) is 1. The number of rotatable bonds is 5. The third-order valence-electron chi connectivity index (χ3n) is 4.84. The van der Waals surface area contributed by atoms with E-state index in [0.29, 0.717) is 25.6 Å². The maximum atomic E-state index is 13.0. The van der Waals surface area contributed by atoms with Gasteiger partial charge in [0.15, 0.2) is 0 Å². The predicted molar refractivity (Wildman–Crippen MR) is 104 cm³/mol. The van der Waals surface area contributed by atoms with Crippen LogP contribution in [-0.4, -0.2) is 43.5 Å². The number of para-hydroxylation sites is 1. The van der Waals surface area contributed by atoms with Crippen LogP contribution in [-0.2, 0) is 4.79 Å². The normalized spacial score (nSPS) is 14.6. The lowest BCUT2D eigenvalue weighted by Crippen LogP contribution is -2.50. The highest BCUT2D eigenvalue weighted by atomic mass is 19.1. The fraction of sp³-hybridized carbons (Fsp3) is 0.381. The summed E-state index contributed by atoms with van der Waals surface area (Å²) in [6.45, 7) is 7.50. The van der Waals surface area contributed by atoms with Crippen molar-refractivity contribution in [1.82, 2.24) is 4.90 Å². The Kier molecular flexibility index (Phi) is 5.76. The zero-order chi connectivity index (χ0) is 18.5. The molecule has 2 aromatic rings. The second-order valence-electron chi connectivity index (χ2n) is 6.94. The third-order valence-corrected chi connectivity index (χ3v) is 4.84. The topological polar surface area (TPSA) is 35.6 Å².